The lowest BCUT2D eigenvalue weighted by Crippen LogP contribution is -1.93. The Labute approximate surface area is 84.4 Å². The predicted octanol–water partition coefficient (Wildman–Crippen LogP) is 1.83. The van der Waals surface area contributed by atoms with Crippen LogP contribution in [0.25, 0.3) is 11.3 Å². The Morgan fingerprint density at radius 1 is 1.33 bits per heavy atom. The van der Waals surface area contributed by atoms with Crippen LogP contribution in [0.3, 0.4) is 0 Å². The van der Waals surface area contributed by atoms with Crippen molar-refractivity contribution in [2.24, 2.45) is 0 Å². The molecule has 0 amide bonds. The number of hydrogen-bond donors (Lipinski definition) is 1. The molecular weight excluding hydrogens is 198 g/mol. The molecule has 0 bridgehead atoms. The lowest BCUT2D eigenvalue weighted by molar-refractivity contribution is -0.383. The van der Waals surface area contributed by atoms with E-state index >= 15 is 0 Å². The van der Waals surface area contributed by atoms with E-state index < -0.39 is 4.92 Å². The molecule has 1 aromatic carbocycles. The quantitative estimate of drug-likeness (QED) is 0.596. The SMILES string of the molecule is Nc1onc(-c2ccccc2)c1[N+](=O)[O-]. The highest BCUT2D eigenvalue weighted by molar-refractivity contribution is 5.74. The molecular formula is C9H7N3O3. The van der Waals surface area contributed by atoms with Gasteiger partial charge in [0.15, 0.2) is 5.69 Å². The molecule has 76 valence electrons. The van der Waals surface area contributed by atoms with Crippen molar-refractivity contribution in [3.8, 4) is 11.3 Å². The summed E-state index contributed by atoms with van der Waals surface area (Å²) >= 11 is 0. The van der Waals surface area contributed by atoms with Gasteiger partial charge in [0.05, 0.1) is 4.92 Å². The summed E-state index contributed by atoms with van der Waals surface area (Å²) in [5.41, 5.74) is 5.77. The van der Waals surface area contributed by atoms with Crippen molar-refractivity contribution < 1.29 is 9.45 Å². The van der Waals surface area contributed by atoms with Crippen molar-refractivity contribution in [3.63, 3.8) is 0 Å². The van der Waals surface area contributed by atoms with Gasteiger partial charge in [0.25, 0.3) is 0 Å². The second-order valence-electron chi connectivity index (χ2n) is 2.87. The normalized spacial score (nSPS) is 10.1. The molecule has 6 heteroatoms. The van der Waals surface area contributed by atoms with Crippen LogP contribution in [0.5, 0.6) is 0 Å². The Bertz CT molecular complexity index is 493. The molecule has 0 fully saturated rings. The highest BCUT2D eigenvalue weighted by Crippen LogP contribution is 2.33. The fourth-order valence-electron chi connectivity index (χ4n) is 1.26. The van der Waals surface area contributed by atoms with Crippen molar-refractivity contribution in [1.29, 1.82) is 0 Å². The summed E-state index contributed by atoms with van der Waals surface area (Å²) < 4.78 is 4.60. The minimum Gasteiger partial charge on any atom is -0.362 e. The number of aromatic nitrogens is 1. The lowest BCUT2D eigenvalue weighted by atomic mass is 10.1. The molecule has 2 aromatic rings. The smallest absolute Gasteiger partial charge is 0.360 e. The topological polar surface area (TPSA) is 95.2 Å². The van der Waals surface area contributed by atoms with Gasteiger partial charge in [0.2, 0.25) is 0 Å². The Morgan fingerprint density at radius 3 is 2.60 bits per heavy atom. The van der Waals surface area contributed by atoms with E-state index in [2.05, 4.69) is 9.68 Å². The van der Waals surface area contributed by atoms with Gasteiger partial charge in [-0.25, -0.2) is 0 Å². The number of benzene rings is 1. The maximum Gasteiger partial charge on any atom is 0.360 e. The van der Waals surface area contributed by atoms with Crippen molar-refractivity contribution in [2.45, 2.75) is 0 Å². The first-order chi connectivity index (χ1) is 7.20. The molecule has 0 aliphatic heterocycles. The third-order valence-corrected chi connectivity index (χ3v) is 1.92. The second kappa shape index (κ2) is 3.41. The summed E-state index contributed by atoms with van der Waals surface area (Å²) in [5.74, 6) is -0.279. The molecule has 1 aromatic heterocycles. The molecule has 0 saturated heterocycles. The Kier molecular flexibility index (Phi) is 2.09. The molecule has 0 saturated carbocycles. The molecule has 2 N–H and O–H groups in total. The number of rotatable bonds is 2. The van der Waals surface area contributed by atoms with Crippen LogP contribution in [0.1, 0.15) is 0 Å². The highest BCUT2D eigenvalue weighted by atomic mass is 16.6. The molecule has 0 atom stereocenters. The summed E-state index contributed by atoms with van der Waals surface area (Å²) in [4.78, 5) is 10.1. The lowest BCUT2D eigenvalue weighted by Gasteiger charge is -1.93. The molecule has 0 aliphatic carbocycles. The maximum atomic E-state index is 10.7. The zero-order chi connectivity index (χ0) is 10.8. The standard InChI is InChI=1S/C9H7N3O3/c10-9-8(12(13)14)7(11-15-9)6-4-2-1-3-5-6/h1-5H,10H2. The molecule has 0 radical (unpaired) electrons. The second-order valence-corrected chi connectivity index (χ2v) is 2.87. The summed E-state index contributed by atoms with van der Waals surface area (Å²) in [5, 5.41) is 14.3. The molecule has 2 rings (SSSR count). The van der Waals surface area contributed by atoms with Crippen LogP contribution in [0.4, 0.5) is 11.6 Å². The first kappa shape index (κ1) is 9.20. The van der Waals surface area contributed by atoms with Gasteiger partial charge in [-0.2, -0.15) is 0 Å². The Balaban J connectivity index is 2.59. The predicted molar refractivity (Wildman–Crippen MR) is 53.0 cm³/mol. The van der Waals surface area contributed by atoms with Crippen LogP contribution in [0, 0.1) is 10.1 Å². The van der Waals surface area contributed by atoms with Crippen LogP contribution >= 0.6 is 0 Å². The molecule has 15 heavy (non-hydrogen) atoms. The minimum atomic E-state index is -0.603. The first-order valence-electron chi connectivity index (χ1n) is 4.15. The largest absolute Gasteiger partial charge is 0.362 e. The van der Waals surface area contributed by atoms with Crippen LogP contribution < -0.4 is 5.73 Å². The van der Waals surface area contributed by atoms with E-state index in [-0.39, 0.29) is 17.3 Å². The average Bonchev–Trinajstić information content (AvgIpc) is 2.61. The van der Waals surface area contributed by atoms with Gasteiger partial charge in [-0.05, 0) is 0 Å². The number of hydrogen-bond acceptors (Lipinski definition) is 5. The zero-order valence-electron chi connectivity index (χ0n) is 7.58. The van der Waals surface area contributed by atoms with Gasteiger partial charge >= 0.3 is 11.6 Å². The minimum absolute atomic E-state index is 0.151. The fraction of sp³-hybridized carbons (Fsp3) is 0. The zero-order valence-corrected chi connectivity index (χ0v) is 7.58. The third kappa shape index (κ3) is 1.52. The van der Waals surface area contributed by atoms with E-state index in [0.29, 0.717) is 5.56 Å². The molecule has 0 spiro atoms. The van der Waals surface area contributed by atoms with Crippen molar-refractivity contribution >= 4 is 11.6 Å². The van der Waals surface area contributed by atoms with Crippen molar-refractivity contribution in [3.05, 3.63) is 40.4 Å². The summed E-state index contributed by atoms with van der Waals surface area (Å²) in [6.45, 7) is 0. The van der Waals surface area contributed by atoms with E-state index in [4.69, 9.17) is 5.73 Å². The Hall–Kier alpha value is -2.37. The van der Waals surface area contributed by atoms with Crippen molar-refractivity contribution in [1.82, 2.24) is 5.16 Å². The van der Waals surface area contributed by atoms with Gasteiger partial charge < -0.3 is 10.3 Å². The average molecular weight is 205 g/mol. The molecule has 1 heterocycles. The molecule has 6 nitrogen and oxygen atoms in total. The Morgan fingerprint density at radius 2 is 2.00 bits per heavy atom. The van der Waals surface area contributed by atoms with Gasteiger partial charge in [-0.1, -0.05) is 35.5 Å². The van der Waals surface area contributed by atoms with Crippen LogP contribution in [-0.4, -0.2) is 10.1 Å². The molecule has 0 aliphatic rings. The summed E-state index contributed by atoms with van der Waals surface area (Å²) in [6.07, 6.45) is 0. The van der Waals surface area contributed by atoms with Gasteiger partial charge in [-0.3, -0.25) is 10.1 Å². The summed E-state index contributed by atoms with van der Waals surface area (Å²) in [7, 11) is 0. The number of nitro groups is 1. The first-order valence-corrected chi connectivity index (χ1v) is 4.15. The van der Waals surface area contributed by atoms with E-state index in [1.807, 2.05) is 0 Å². The van der Waals surface area contributed by atoms with Crippen LogP contribution in [-0.2, 0) is 0 Å². The van der Waals surface area contributed by atoms with Gasteiger partial charge in [-0.15, -0.1) is 0 Å². The maximum absolute atomic E-state index is 10.7. The van der Waals surface area contributed by atoms with Crippen LogP contribution in [0.2, 0.25) is 0 Å². The number of nitrogens with zero attached hydrogens (tertiary/aromatic N) is 2. The van der Waals surface area contributed by atoms with Crippen LogP contribution in [0.15, 0.2) is 34.9 Å². The van der Waals surface area contributed by atoms with E-state index in [1.54, 1.807) is 30.3 Å². The van der Waals surface area contributed by atoms with Gasteiger partial charge in [0.1, 0.15) is 0 Å². The third-order valence-electron chi connectivity index (χ3n) is 1.92. The fourth-order valence-corrected chi connectivity index (χ4v) is 1.26. The van der Waals surface area contributed by atoms with E-state index in [1.165, 1.54) is 0 Å². The van der Waals surface area contributed by atoms with Gasteiger partial charge in [0, 0.05) is 5.56 Å². The van der Waals surface area contributed by atoms with Crippen molar-refractivity contribution in [2.75, 3.05) is 5.73 Å². The number of nitrogen functional groups attached to an aromatic ring is 1. The monoisotopic (exact) mass is 205 g/mol. The number of anilines is 1. The summed E-state index contributed by atoms with van der Waals surface area (Å²) in [6, 6.07) is 8.71. The highest BCUT2D eigenvalue weighted by Gasteiger charge is 2.25. The van der Waals surface area contributed by atoms with E-state index in [9.17, 15) is 10.1 Å². The molecule has 0 unspecified atom stereocenters. The number of nitrogens with two attached hydrogens (primary N) is 1. The van der Waals surface area contributed by atoms with E-state index in [0.717, 1.165) is 0 Å².